The van der Waals surface area contributed by atoms with Crippen LogP contribution in [-0.4, -0.2) is 25.5 Å². The lowest BCUT2D eigenvalue weighted by molar-refractivity contribution is -0.274. The average molecular weight is 552 g/mol. The molecule has 1 saturated heterocycles. The van der Waals surface area contributed by atoms with E-state index in [4.69, 9.17) is 11.6 Å². The summed E-state index contributed by atoms with van der Waals surface area (Å²) in [6.45, 7) is 1.72. The summed E-state index contributed by atoms with van der Waals surface area (Å²) in [4.78, 5) is 0. The zero-order valence-corrected chi connectivity index (χ0v) is 20.8. The molecule has 2 N–H and O–H groups in total. The Morgan fingerprint density at radius 3 is 2.43 bits per heavy atom. The van der Waals surface area contributed by atoms with E-state index in [-0.39, 0.29) is 59.7 Å². The summed E-state index contributed by atoms with van der Waals surface area (Å²) in [5.41, 5.74) is 2.15. The van der Waals surface area contributed by atoms with Crippen LogP contribution in [0.3, 0.4) is 0 Å². The van der Waals surface area contributed by atoms with Crippen molar-refractivity contribution in [2.24, 2.45) is 0 Å². The van der Waals surface area contributed by atoms with Crippen molar-refractivity contribution in [2.75, 3.05) is 13.1 Å². The highest BCUT2D eigenvalue weighted by Crippen LogP contribution is 2.33. The number of hydrogen-bond acceptors (Lipinski definition) is 3. The minimum absolute atomic E-state index is 0. The van der Waals surface area contributed by atoms with Gasteiger partial charge in [-0.05, 0) is 54.4 Å². The lowest BCUT2D eigenvalue weighted by atomic mass is 9.86. The summed E-state index contributed by atoms with van der Waals surface area (Å²) in [7, 11) is 0. The van der Waals surface area contributed by atoms with E-state index >= 15 is 0 Å². The van der Waals surface area contributed by atoms with Gasteiger partial charge in [0, 0.05) is 41.2 Å². The summed E-state index contributed by atoms with van der Waals surface area (Å²) in [5.74, 6) is -0.685. The van der Waals surface area contributed by atoms with Crippen molar-refractivity contribution in [1.82, 2.24) is 10.6 Å². The first kappa shape index (κ1) is 29.2. The van der Waals surface area contributed by atoms with Gasteiger partial charge in [-0.1, -0.05) is 48.0 Å². The summed E-state index contributed by atoms with van der Waals surface area (Å²) >= 11 is 5.83. The van der Waals surface area contributed by atoms with E-state index in [1.807, 2.05) is 18.2 Å². The van der Waals surface area contributed by atoms with Crippen LogP contribution in [0.4, 0.5) is 17.6 Å². The van der Waals surface area contributed by atoms with E-state index in [0.29, 0.717) is 11.1 Å². The molecule has 3 aromatic rings. The molecule has 4 rings (SSSR count). The Bertz CT molecular complexity index is 1100. The molecule has 0 radical (unpaired) electrons. The Hall–Kier alpha value is -2.03. The van der Waals surface area contributed by atoms with Gasteiger partial charge in [-0.15, -0.1) is 38.0 Å². The van der Waals surface area contributed by atoms with E-state index in [1.165, 1.54) is 36.4 Å². The van der Waals surface area contributed by atoms with Crippen LogP contribution in [0, 0.1) is 5.82 Å². The second-order valence-electron chi connectivity index (χ2n) is 7.99. The van der Waals surface area contributed by atoms with Gasteiger partial charge in [-0.2, -0.15) is 0 Å². The molecule has 3 nitrogen and oxygen atoms in total. The highest BCUT2D eigenvalue weighted by Gasteiger charge is 2.32. The zero-order valence-electron chi connectivity index (χ0n) is 18.4. The third kappa shape index (κ3) is 7.72. The standard InChI is InChI=1S/C25H23ClF4N2O.2ClH/c26-19-7-8-20(22(27)13-19)17-6-9-24(33-25(28,29)30)18(12-17)14-32-23-10-11-31-15-21(23)16-4-2-1-3-5-16;;/h1-9,12-13,21,23,31-32H,10-11,14-15H2;2*1H/t21-,23-;;/m0../s1. The highest BCUT2D eigenvalue weighted by molar-refractivity contribution is 6.30. The first-order valence-corrected chi connectivity index (χ1v) is 11.0. The van der Waals surface area contributed by atoms with Crippen molar-refractivity contribution in [1.29, 1.82) is 0 Å². The van der Waals surface area contributed by atoms with Gasteiger partial charge in [-0.3, -0.25) is 0 Å². The fourth-order valence-electron chi connectivity index (χ4n) is 4.23. The molecule has 1 fully saturated rings. The summed E-state index contributed by atoms with van der Waals surface area (Å²) in [6, 6.07) is 18.4. The predicted octanol–water partition coefficient (Wildman–Crippen LogP) is 7.12. The van der Waals surface area contributed by atoms with Gasteiger partial charge in [0.1, 0.15) is 11.6 Å². The SMILES string of the molecule is Cl.Cl.Fc1cc(Cl)ccc1-c1ccc(OC(F)(F)F)c(CN[C@H]2CCNC[C@H]2c2ccccc2)c1. The van der Waals surface area contributed by atoms with Crippen LogP contribution in [0.25, 0.3) is 11.1 Å². The van der Waals surface area contributed by atoms with Crippen molar-refractivity contribution >= 4 is 36.4 Å². The average Bonchev–Trinajstić information content (AvgIpc) is 2.78. The lowest BCUT2D eigenvalue weighted by Gasteiger charge is -2.33. The van der Waals surface area contributed by atoms with Crippen LogP contribution in [0.1, 0.15) is 23.5 Å². The van der Waals surface area contributed by atoms with Gasteiger partial charge in [-0.25, -0.2) is 4.39 Å². The highest BCUT2D eigenvalue weighted by atomic mass is 35.5. The maximum Gasteiger partial charge on any atom is 0.573 e. The maximum absolute atomic E-state index is 14.4. The third-order valence-electron chi connectivity index (χ3n) is 5.79. The number of piperidine rings is 1. The molecule has 0 aliphatic carbocycles. The third-order valence-corrected chi connectivity index (χ3v) is 6.03. The normalized spacial score (nSPS) is 17.7. The number of rotatable bonds is 6. The monoisotopic (exact) mass is 550 g/mol. The molecule has 0 aromatic heterocycles. The van der Waals surface area contributed by atoms with Crippen LogP contribution in [0.5, 0.6) is 5.75 Å². The summed E-state index contributed by atoms with van der Waals surface area (Å²) in [5, 5.41) is 7.04. The van der Waals surface area contributed by atoms with Crippen molar-refractivity contribution < 1.29 is 22.3 Å². The number of halogens is 7. The van der Waals surface area contributed by atoms with Crippen LogP contribution in [0.2, 0.25) is 5.02 Å². The number of ether oxygens (including phenoxy) is 1. The molecular formula is C25H25Cl3F4N2O. The van der Waals surface area contributed by atoms with Crippen molar-refractivity contribution in [3.05, 3.63) is 88.7 Å². The topological polar surface area (TPSA) is 33.3 Å². The van der Waals surface area contributed by atoms with Crippen molar-refractivity contribution in [3.63, 3.8) is 0 Å². The van der Waals surface area contributed by atoms with Gasteiger partial charge >= 0.3 is 6.36 Å². The molecule has 0 unspecified atom stereocenters. The molecule has 0 amide bonds. The van der Waals surface area contributed by atoms with Gasteiger partial charge < -0.3 is 15.4 Å². The van der Waals surface area contributed by atoms with Gasteiger partial charge in [0.2, 0.25) is 0 Å². The number of hydrogen-bond donors (Lipinski definition) is 2. The van der Waals surface area contributed by atoms with E-state index in [0.717, 1.165) is 25.1 Å². The summed E-state index contributed by atoms with van der Waals surface area (Å²) in [6.07, 6.45) is -4.01. The van der Waals surface area contributed by atoms with E-state index < -0.39 is 12.2 Å². The molecule has 1 aliphatic heterocycles. The van der Waals surface area contributed by atoms with Crippen LogP contribution < -0.4 is 15.4 Å². The fourth-order valence-corrected chi connectivity index (χ4v) is 4.39. The Kier molecular flexibility index (Phi) is 10.7. The molecule has 1 aliphatic rings. The smallest absolute Gasteiger partial charge is 0.405 e. The Balaban J connectivity index is 0.00000216. The number of benzene rings is 3. The van der Waals surface area contributed by atoms with Gasteiger partial charge in [0.25, 0.3) is 0 Å². The van der Waals surface area contributed by atoms with Gasteiger partial charge in [0.05, 0.1) is 0 Å². The molecule has 1 heterocycles. The molecule has 0 saturated carbocycles. The second-order valence-corrected chi connectivity index (χ2v) is 8.43. The first-order valence-electron chi connectivity index (χ1n) is 10.6. The molecule has 10 heteroatoms. The fraction of sp³-hybridized carbons (Fsp3) is 0.280. The zero-order chi connectivity index (χ0) is 23.4. The molecule has 190 valence electrons. The van der Waals surface area contributed by atoms with Crippen LogP contribution in [-0.2, 0) is 6.54 Å². The molecule has 3 aromatic carbocycles. The van der Waals surface area contributed by atoms with Crippen molar-refractivity contribution in [2.45, 2.75) is 31.3 Å². The Morgan fingerprint density at radius 2 is 1.74 bits per heavy atom. The molecule has 0 bridgehead atoms. The second kappa shape index (κ2) is 12.8. The quantitative estimate of drug-likeness (QED) is 0.320. The number of alkyl halides is 3. The number of nitrogens with one attached hydrogen (secondary N) is 2. The Morgan fingerprint density at radius 1 is 1.00 bits per heavy atom. The molecule has 35 heavy (non-hydrogen) atoms. The van der Waals surface area contributed by atoms with Gasteiger partial charge in [0.15, 0.2) is 0 Å². The molecule has 0 spiro atoms. The predicted molar refractivity (Wildman–Crippen MR) is 135 cm³/mol. The van der Waals surface area contributed by atoms with Crippen LogP contribution in [0.15, 0.2) is 66.7 Å². The summed E-state index contributed by atoms with van der Waals surface area (Å²) < 4.78 is 57.7. The largest absolute Gasteiger partial charge is 0.573 e. The first-order chi connectivity index (χ1) is 15.8. The molecule has 2 atom stereocenters. The minimum atomic E-state index is -4.83. The van der Waals surface area contributed by atoms with Crippen molar-refractivity contribution in [3.8, 4) is 16.9 Å². The van der Waals surface area contributed by atoms with E-state index in [2.05, 4.69) is 27.5 Å². The minimum Gasteiger partial charge on any atom is -0.405 e. The Labute approximate surface area is 219 Å². The molecular weight excluding hydrogens is 527 g/mol. The maximum atomic E-state index is 14.4. The lowest BCUT2D eigenvalue weighted by Crippen LogP contribution is -2.45. The van der Waals surface area contributed by atoms with E-state index in [1.54, 1.807) is 0 Å². The van der Waals surface area contributed by atoms with E-state index in [9.17, 15) is 17.6 Å². The van der Waals surface area contributed by atoms with Crippen LogP contribution >= 0.6 is 36.4 Å².